The van der Waals surface area contributed by atoms with Gasteiger partial charge in [-0.25, -0.2) is 20.5 Å². The van der Waals surface area contributed by atoms with Crippen LogP contribution in [0.4, 0.5) is 32.6 Å². The second kappa shape index (κ2) is 6.73. The second-order valence-corrected chi connectivity index (χ2v) is 9.53. The number of carbonyl (C=O) groups is 2. The molecule has 0 spiro atoms. The van der Waals surface area contributed by atoms with Crippen molar-refractivity contribution in [1.82, 2.24) is 19.8 Å². The van der Waals surface area contributed by atoms with Gasteiger partial charge in [-0.15, -0.1) is 5.10 Å². The standard InChI is InChI=1S/C16H13F8N5O3S/c17-16(18,19)10-5-9(6-11(7-10)33(20,21,22,23)24)13-26-8-28(27-13)4-1-12(30)29(25)14(31)15(32)2-3-15/h1,4-8,32H,2-3,25H2/b4-1-. The van der Waals surface area contributed by atoms with E-state index in [1.54, 1.807) is 0 Å². The molecule has 1 aromatic carbocycles. The Balaban J connectivity index is 1.91. The summed E-state index contributed by atoms with van der Waals surface area (Å²) in [5.41, 5.74) is -4.76. The van der Waals surface area contributed by atoms with Crippen molar-refractivity contribution in [2.24, 2.45) is 5.84 Å². The number of carbonyl (C=O) groups excluding carboxylic acids is 2. The van der Waals surface area contributed by atoms with Crippen LogP contribution >= 0.6 is 10.2 Å². The van der Waals surface area contributed by atoms with Crippen molar-refractivity contribution in [3.8, 4) is 11.4 Å². The topological polar surface area (TPSA) is 114 Å². The van der Waals surface area contributed by atoms with E-state index in [0.717, 1.165) is 12.5 Å². The molecule has 1 aromatic heterocycles. The van der Waals surface area contributed by atoms with Gasteiger partial charge in [0.15, 0.2) is 5.82 Å². The molecule has 0 bridgehead atoms. The van der Waals surface area contributed by atoms with E-state index in [-0.39, 0.29) is 30.0 Å². The number of amides is 2. The minimum Gasteiger partial charge on any atom is -0.380 e. The molecule has 3 rings (SSSR count). The van der Waals surface area contributed by atoms with E-state index in [1.165, 1.54) is 0 Å². The maximum absolute atomic E-state index is 13.1. The molecule has 0 atom stereocenters. The summed E-state index contributed by atoms with van der Waals surface area (Å²) >= 11 is 0. The number of aliphatic hydroxyl groups is 1. The van der Waals surface area contributed by atoms with E-state index >= 15 is 0 Å². The van der Waals surface area contributed by atoms with E-state index in [9.17, 15) is 47.3 Å². The lowest BCUT2D eigenvalue weighted by Gasteiger charge is -2.40. The smallest absolute Gasteiger partial charge is 0.380 e. The Morgan fingerprint density at radius 3 is 2.27 bits per heavy atom. The van der Waals surface area contributed by atoms with E-state index in [0.29, 0.717) is 10.8 Å². The number of imide groups is 1. The first kappa shape index (κ1) is 24.6. The Labute approximate surface area is 179 Å². The summed E-state index contributed by atoms with van der Waals surface area (Å²) < 4.78 is 105. The molecular weight excluding hydrogens is 494 g/mol. The molecule has 33 heavy (non-hydrogen) atoms. The second-order valence-electron chi connectivity index (χ2n) is 7.12. The summed E-state index contributed by atoms with van der Waals surface area (Å²) in [4.78, 5) is 24.3. The zero-order chi connectivity index (χ0) is 25.1. The van der Waals surface area contributed by atoms with Gasteiger partial charge in [0, 0.05) is 17.8 Å². The third-order valence-electron chi connectivity index (χ3n) is 4.39. The fraction of sp³-hybridized carbons (Fsp3) is 0.250. The van der Waals surface area contributed by atoms with Gasteiger partial charge in [-0.1, -0.05) is 19.4 Å². The fourth-order valence-corrected chi connectivity index (χ4v) is 3.17. The lowest BCUT2D eigenvalue weighted by molar-refractivity contribution is -0.150. The summed E-state index contributed by atoms with van der Waals surface area (Å²) in [6.45, 7) is 0. The summed E-state index contributed by atoms with van der Waals surface area (Å²) in [6, 6.07) is -0.776. The zero-order valence-corrected chi connectivity index (χ0v) is 16.8. The molecule has 2 amide bonds. The maximum Gasteiger partial charge on any atom is 0.416 e. The van der Waals surface area contributed by atoms with Crippen LogP contribution in [0.1, 0.15) is 18.4 Å². The monoisotopic (exact) mass is 507 g/mol. The Kier molecular flexibility index (Phi) is 5.02. The van der Waals surface area contributed by atoms with Gasteiger partial charge in [0.05, 0.1) is 5.56 Å². The quantitative estimate of drug-likeness (QED) is 0.209. The number of rotatable bonds is 5. The molecule has 17 heteroatoms. The van der Waals surface area contributed by atoms with E-state index < -0.39 is 61.7 Å². The fourth-order valence-electron chi connectivity index (χ4n) is 2.47. The van der Waals surface area contributed by atoms with E-state index in [4.69, 9.17) is 5.84 Å². The molecule has 3 N–H and O–H groups in total. The highest BCUT2D eigenvalue weighted by Gasteiger charge is 2.66. The van der Waals surface area contributed by atoms with Crippen LogP contribution < -0.4 is 5.84 Å². The average Bonchev–Trinajstić information content (AvgIpc) is 3.24. The molecule has 182 valence electrons. The molecule has 1 heterocycles. The molecule has 0 unspecified atom stereocenters. The van der Waals surface area contributed by atoms with Crippen LogP contribution in [-0.2, 0) is 15.8 Å². The zero-order valence-electron chi connectivity index (χ0n) is 15.9. The first-order valence-electron chi connectivity index (χ1n) is 8.61. The van der Waals surface area contributed by atoms with Crippen LogP contribution in [0.15, 0.2) is 35.5 Å². The van der Waals surface area contributed by atoms with Crippen molar-refractivity contribution < 1.29 is 47.3 Å². The van der Waals surface area contributed by atoms with Gasteiger partial charge in [0.1, 0.15) is 16.8 Å². The van der Waals surface area contributed by atoms with Crippen LogP contribution in [-0.4, -0.2) is 42.3 Å². The molecule has 0 radical (unpaired) electrons. The molecule has 1 saturated carbocycles. The highest BCUT2D eigenvalue weighted by atomic mass is 32.5. The van der Waals surface area contributed by atoms with Crippen LogP contribution in [0, 0.1) is 0 Å². The number of aromatic nitrogens is 3. The lowest BCUT2D eigenvalue weighted by atomic mass is 10.1. The number of halogens is 8. The summed E-state index contributed by atoms with van der Waals surface area (Å²) in [6.07, 6.45) is -3.00. The number of nitrogens with zero attached hydrogens (tertiary/aromatic N) is 4. The Bertz CT molecular complexity index is 1170. The summed E-state index contributed by atoms with van der Waals surface area (Å²) in [5.74, 6) is 2.27. The minimum absolute atomic E-state index is 0.0981. The summed E-state index contributed by atoms with van der Waals surface area (Å²) in [5, 5.41) is 13.3. The van der Waals surface area contributed by atoms with Crippen molar-refractivity contribution in [2.45, 2.75) is 29.5 Å². The number of alkyl halides is 3. The first-order chi connectivity index (χ1) is 14.7. The molecule has 0 aliphatic heterocycles. The minimum atomic E-state index is -10.5. The Morgan fingerprint density at radius 2 is 1.76 bits per heavy atom. The van der Waals surface area contributed by atoms with Crippen molar-refractivity contribution in [1.29, 1.82) is 0 Å². The van der Waals surface area contributed by atoms with Gasteiger partial charge in [-0.3, -0.25) is 9.59 Å². The average molecular weight is 507 g/mol. The normalized spacial score (nSPS) is 18.0. The molecule has 1 fully saturated rings. The Hall–Kier alpha value is -3.05. The predicted octanol–water partition coefficient (Wildman–Crippen LogP) is 3.85. The largest absolute Gasteiger partial charge is 0.416 e. The highest BCUT2D eigenvalue weighted by Crippen LogP contribution is 3.02. The summed E-state index contributed by atoms with van der Waals surface area (Å²) in [7, 11) is -10.5. The van der Waals surface area contributed by atoms with E-state index in [2.05, 4.69) is 10.1 Å². The number of hydrogen-bond acceptors (Lipinski definition) is 6. The SMILES string of the molecule is NN(C(=O)/C=C\n1cnc(-c2cc(C(F)(F)F)cc(S(F)(F)(F)(F)F)c2)n1)C(=O)C1(O)CC1. The maximum atomic E-state index is 13.1. The number of hydrazine groups is 1. The first-order valence-corrected chi connectivity index (χ1v) is 10.6. The predicted molar refractivity (Wildman–Crippen MR) is 97.4 cm³/mol. The van der Waals surface area contributed by atoms with Crippen LogP contribution in [0.5, 0.6) is 0 Å². The van der Waals surface area contributed by atoms with Gasteiger partial charge in [-0.2, -0.15) is 13.2 Å². The Morgan fingerprint density at radius 1 is 1.15 bits per heavy atom. The van der Waals surface area contributed by atoms with Crippen LogP contribution in [0.25, 0.3) is 17.6 Å². The van der Waals surface area contributed by atoms with E-state index in [1.807, 2.05) is 0 Å². The van der Waals surface area contributed by atoms with Gasteiger partial charge in [0.2, 0.25) is 0 Å². The third kappa shape index (κ3) is 5.48. The number of hydrogen-bond donors (Lipinski definition) is 2. The molecule has 8 nitrogen and oxygen atoms in total. The van der Waals surface area contributed by atoms with Gasteiger partial charge >= 0.3 is 16.4 Å². The van der Waals surface area contributed by atoms with Crippen molar-refractivity contribution in [3.05, 3.63) is 36.2 Å². The van der Waals surface area contributed by atoms with Crippen molar-refractivity contribution >= 4 is 28.2 Å². The third-order valence-corrected chi connectivity index (χ3v) is 5.52. The van der Waals surface area contributed by atoms with Crippen LogP contribution in [0.3, 0.4) is 0 Å². The van der Waals surface area contributed by atoms with Crippen LogP contribution in [0.2, 0.25) is 0 Å². The van der Waals surface area contributed by atoms with Crippen molar-refractivity contribution in [2.75, 3.05) is 0 Å². The highest BCUT2D eigenvalue weighted by molar-refractivity contribution is 8.45. The van der Waals surface area contributed by atoms with Crippen molar-refractivity contribution in [3.63, 3.8) is 0 Å². The van der Waals surface area contributed by atoms with Gasteiger partial charge in [-0.05, 0) is 31.0 Å². The van der Waals surface area contributed by atoms with Gasteiger partial charge in [0.25, 0.3) is 11.8 Å². The molecular formula is C16H13F8N5O3S. The molecule has 0 saturated heterocycles. The molecule has 2 aromatic rings. The number of benzene rings is 1. The lowest BCUT2D eigenvalue weighted by Crippen LogP contribution is -2.48. The molecule has 1 aliphatic rings. The molecule has 1 aliphatic carbocycles. The van der Waals surface area contributed by atoms with Gasteiger partial charge < -0.3 is 5.11 Å². The number of nitrogens with two attached hydrogens (primary N) is 1.